The molecule has 3 rings (SSSR count). The molecule has 0 spiro atoms. The number of ether oxygens (including phenoxy) is 1. The number of nitrogens with zero attached hydrogens (tertiary/aromatic N) is 1. The summed E-state index contributed by atoms with van der Waals surface area (Å²) in [5.41, 5.74) is 1.01. The first-order valence-corrected chi connectivity index (χ1v) is 11.3. The van der Waals surface area contributed by atoms with Crippen LogP contribution in [0, 0.1) is 0 Å². The van der Waals surface area contributed by atoms with Crippen LogP contribution in [0.2, 0.25) is 5.02 Å². The van der Waals surface area contributed by atoms with Gasteiger partial charge >= 0.3 is 5.97 Å². The third-order valence-corrected chi connectivity index (χ3v) is 5.80. The number of amides is 3. The van der Waals surface area contributed by atoms with Gasteiger partial charge < -0.3 is 15.2 Å². The standard InChI is InChI=1S/C23H21ClN2O6S/c1-2-3-10-32-22(30)17-12-15(6-9-18(17)24)25-20(28)13-26-21(29)19(33-23(26)31)11-14-4-7-16(27)8-5-14/h4-9,11-12,27H,2-3,10,13H2,1H3,(H,25,28)/b19-11+. The number of anilines is 1. The topological polar surface area (TPSA) is 113 Å². The van der Waals surface area contributed by atoms with Crippen LogP contribution in [0.5, 0.6) is 5.75 Å². The van der Waals surface area contributed by atoms with Gasteiger partial charge in [-0.25, -0.2) is 4.79 Å². The molecule has 0 unspecified atom stereocenters. The van der Waals surface area contributed by atoms with E-state index in [9.17, 15) is 24.3 Å². The van der Waals surface area contributed by atoms with Gasteiger partial charge in [-0.05, 0) is 60.2 Å². The van der Waals surface area contributed by atoms with Crippen molar-refractivity contribution in [1.82, 2.24) is 4.90 Å². The van der Waals surface area contributed by atoms with Gasteiger partial charge in [-0.15, -0.1) is 0 Å². The Hall–Kier alpha value is -3.30. The fourth-order valence-electron chi connectivity index (χ4n) is 2.85. The van der Waals surface area contributed by atoms with E-state index >= 15 is 0 Å². The second kappa shape index (κ2) is 11.0. The Morgan fingerprint density at radius 1 is 1.18 bits per heavy atom. The lowest BCUT2D eigenvalue weighted by molar-refractivity contribution is -0.127. The Balaban J connectivity index is 1.65. The summed E-state index contributed by atoms with van der Waals surface area (Å²) in [7, 11) is 0. The van der Waals surface area contributed by atoms with E-state index in [0.29, 0.717) is 5.56 Å². The summed E-state index contributed by atoms with van der Waals surface area (Å²) in [4.78, 5) is 50.6. The number of benzene rings is 2. The molecule has 2 N–H and O–H groups in total. The third kappa shape index (κ3) is 6.36. The van der Waals surface area contributed by atoms with Crippen molar-refractivity contribution in [3.05, 3.63) is 63.5 Å². The van der Waals surface area contributed by atoms with Gasteiger partial charge in [-0.1, -0.05) is 37.1 Å². The fourth-order valence-corrected chi connectivity index (χ4v) is 3.88. The minimum Gasteiger partial charge on any atom is -0.508 e. The van der Waals surface area contributed by atoms with Gasteiger partial charge in [-0.2, -0.15) is 0 Å². The number of halogens is 1. The number of hydrogen-bond acceptors (Lipinski definition) is 7. The monoisotopic (exact) mass is 488 g/mol. The highest BCUT2D eigenvalue weighted by atomic mass is 35.5. The van der Waals surface area contributed by atoms with Crippen molar-refractivity contribution >= 4 is 58.1 Å². The lowest BCUT2D eigenvalue weighted by Gasteiger charge is -2.13. The Morgan fingerprint density at radius 3 is 2.61 bits per heavy atom. The zero-order valence-electron chi connectivity index (χ0n) is 17.7. The fraction of sp³-hybridized carbons (Fsp3) is 0.217. The molecule has 0 aliphatic carbocycles. The minimum absolute atomic E-state index is 0.0801. The summed E-state index contributed by atoms with van der Waals surface area (Å²) in [5, 5.41) is 11.5. The van der Waals surface area contributed by atoms with Crippen molar-refractivity contribution in [1.29, 1.82) is 0 Å². The number of rotatable bonds is 8. The molecule has 2 aromatic rings. The number of nitrogens with one attached hydrogen (secondary N) is 1. The van der Waals surface area contributed by atoms with Crippen molar-refractivity contribution < 1.29 is 29.0 Å². The molecule has 1 aliphatic rings. The van der Waals surface area contributed by atoms with Gasteiger partial charge in [0.2, 0.25) is 5.91 Å². The molecule has 2 aromatic carbocycles. The maximum atomic E-state index is 12.6. The van der Waals surface area contributed by atoms with Crippen LogP contribution in [0.4, 0.5) is 10.5 Å². The molecule has 1 saturated heterocycles. The molecular formula is C23H21ClN2O6S. The lowest BCUT2D eigenvalue weighted by atomic mass is 10.2. The van der Waals surface area contributed by atoms with Crippen molar-refractivity contribution in [3.63, 3.8) is 0 Å². The van der Waals surface area contributed by atoms with E-state index in [-0.39, 0.29) is 33.5 Å². The van der Waals surface area contributed by atoms with E-state index in [1.807, 2.05) is 6.92 Å². The minimum atomic E-state index is -0.615. The van der Waals surface area contributed by atoms with E-state index in [2.05, 4.69) is 5.32 Å². The molecule has 0 saturated carbocycles. The Morgan fingerprint density at radius 2 is 1.91 bits per heavy atom. The van der Waals surface area contributed by atoms with Crippen LogP contribution in [0.1, 0.15) is 35.7 Å². The normalized spacial score (nSPS) is 14.6. The summed E-state index contributed by atoms with van der Waals surface area (Å²) >= 11 is 6.80. The molecule has 33 heavy (non-hydrogen) atoms. The maximum Gasteiger partial charge on any atom is 0.339 e. The number of thioether (sulfide) groups is 1. The first-order chi connectivity index (χ1) is 15.8. The number of carbonyl (C=O) groups is 4. The van der Waals surface area contributed by atoms with Crippen molar-refractivity contribution in [2.24, 2.45) is 0 Å². The van der Waals surface area contributed by atoms with Gasteiger partial charge in [0.05, 0.1) is 22.1 Å². The molecule has 0 aromatic heterocycles. The predicted octanol–water partition coefficient (Wildman–Crippen LogP) is 4.68. The molecule has 1 heterocycles. The lowest BCUT2D eigenvalue weighted by Crippen LogP contribution is -2.36. The van der Waals surface area contributed by atoms with E-state index < -0.39 is 29.6 Å². The highest BCUT2D eigenvalue weighted by molar-refractivity contribution is 8.18. The van der Waals surface area contributed by atoms with Crippen LogP contribution in [0.15, 0.2) is 47.4 Å². The summed E-state index contributed by atoms with van der Waals surface area (Å²) in [6, 6.07) is 10.5. The molecule has 0 radical (unpaired) electrons. The van der Waals surface area contributed by atoms with Gasteiger partial charge in [0.1, 0.15) is 12.3 Å². The first kappa shape index (κ1) is 24.3. The molecule has 8 nitrogen and oxygen atoms in total. The van der Waals surface area contributed by atoms with Crippen LogP contribution in [0.25, 0.3) is 6.08 Å². The number of esters is 1. The van der Waals surface area contributed by atoms with Crippen LogP contribution >= 0.6 is 23.4 Å². The van der Waals surface area contributed by atoms with Crippen LogP contribution in [-0.4, -0.2) is 46.2 Å². The highest BCUT2D eigenvalue weighted by Crippen LogP contribution is 2.32. The van der Waals surface area contributed by atoms with Crippen molar-refractivity contribution in [3.8, 4) is 5.75 Å². The SMILES string of the molecule is CCCCOC(=O)c1cc(NC(=O)CN2C(=O)S/C(=C/c3ccc(O)cc3)C2=O)ccc1Cl. The zero-order chi connectivity index (χ0) is 24.0. The maximum absolute atomic E-state index is 12.6. The number of carbonyl (C=O) groups excluding carboxylic acids is 4. The van der Waals surface area contributed by atoms with E-state index in [1.165, 1.54) is 36.4 Å². The van der Waals surface area contributed by atoms with E-state index in [1.54, 1.807) is 12.1 Å². The Bertz CT molecular complexity index is 1120. The second-order valence-electron chi connectivity index (χ2n) is 7.09. The number of imide groups is 1. The van der Waals surface area contributed by atoms with Gasteiger partial charge in [-0.3, -0.25) is 19.3 Å². The Labute approximate surface area is 199 Å². The van der Waals surface area contributed by atoms with Crippen LogP contribution < -0.4 is 5.32 Å². The number of unbranched alkanes of at least 4 members (excludes halogenated alkanes) is 1. The van der Waals surface area contributed by atoms with Crippen LogP contribution in [-0.2, 0) is 14.3 Å². The smallest absolute Gasteiger partial charge is 0.339 e. The average Bonchev–Trinajstić information content (AvgIpc) is 3.04. The third-order valence-electron chi connectivity index (χ3n) is 4.57. The molecule has 0 atom stereocenters. The first-order valence-electron chi connectivity index (χ1n) is 10.1. The zero-order valence-corrected chi connectivity index (χ0v) is 19.2. The molecule has 10 heteroatoms. The van der Waals surface area contributed by atoms with Gasteiger partial charge in [0.25, 0.3) is 11.1 Å². The van der Waals surface area contributed by atoms with Gasteiger partial charge in [0.15, 0.2) is 0 Å². The van der Waals surface area contributed by atoms with Crippen molar-refractivity contribution in [2.45, 2.75) is 19.8 Å². The highest BCUT2D eigenvalue weighted by Gasteiger charge is 2.36. The molecule has 1 fully saturated rings. The summed E-state index contributed by atoms with van der Waals surface area (Å²) in [6.45, 7) is 1.74. The Kier molecular flexibility index (Phi) is 8.13. The van der Waals surface area contributed by atoms with Gasteiger partial charge in [0, 0.05) is 5.69 Å². The molecule has 1 aliphatic heterocycles. The van der Waals surface area contributed by atoms with Crippen LogP contribution in [0.3, 0.4) is 0 Å². The molecular weight excluding hydrogens is 468 g/mol. The number of phenolic OH excluding ortho intramolecular Hbond substituents is 1. The summed E-state index contributed by atoms with van der Waals surface area (Å²) in [5.74, 6) is -1.73. The molecule has 0 bridgehead atoms. The number of aromatic hydroxyl groups is 1. The second-order valence-corrected chi connectivity index (χ2v) is 8.49. The largest absolute Gasteiger partial charge is 0.508 e. The molecule has 172 valence electrons. The number of phenols is 1. The summed E-state index contributed by atoms with van der Waals surface area (Å²) in [6.07, 6.45) is 3.10. The predicted molar refractivity (Wildman–Crippen MR) is 126 cm³/mol. The van der Waals surface area contributed by atoms with E-state index in [4.69, 9.17) is 16.3 Å². The number of hydrogen-bond donors (Lipinski definition) is 2. The summed E-state index contributed by atoms with van der Waals surface area (Å²) < 4.78 is 5.16. The molecule has 3 amide bonds. The quantitative estimate of drug-likeness (QED) is 0.315. The van der Waals surface area contributed by atoms with Crippen molar-refractivity contribution in [2.75, 3.05) is 18.5 Å². The average molecular weight is 489 g/mol. The van der Waals surface area contributed by atoms with E-state index in [0.717, 1.165) is 29.5 Å².